The van der Waals surface area contributed by atoms with Crippen molar-refractivity contribution in [2.45, 2.75) is 91.1 Å². The number of hydrogen-bond acceptors (Lipinski definition) is 4. The highest BCUT2D eigenvalue weighted by molar-refractivity contribution is 5.94. The van der Waals surface area contributed by atoms with E-state index in [0.717, 1.165) is 47.0 Å². The summed E-state index contributed by atoms with van der Waals surface area (Å²) in [5, 5.41) is 11.0. The van der Waals surface area contributed by atoms with Crippen molar-refractivity contribution in [3.63, 3.8) is 0 Å². The first-order valence-corrected chi connectivity index (χ1v) is 17.3. The van der Waals surface area contributed by atoms with Crippen LogP contribution in [0.1, 0.15) is 100 Å². The molecule has 7 rings (SSSR count). The van der Waals surface area contributed by atoms with Crippen molar-refractivity contribution >= 4 is 16.7 Å². The minimum Gasteiger partial charge on any atom is -0.376 e. The summed E-state index contributed by atoms with van der Waals surface area (Å²) in [5.74, 6) is 3.22. The average Bonchev–Trinajstić information content (AvgIpc) is 3.38. The predicted octanol–water partition coefficient (Wildman–Crippen LogP) is 7.45. The van der Waals surface area contributed by atoms with Gasteiger partial charge in [-0.2, -0.15) is 5.10 Å². The second-order valence-electron chi connectivity index (χ2n) is 15.3. The van der Waals surface area contributed by atoms with Crippen molar-refractivity contribution in [2.75, 3.05) is 13.2 Å². The molecule has 2 aromatic carbocycles. The van der Waals surface area contributed by atoms with Crippen molar-refractivity contribution in [1.29, 1.82) is 0 Å². The monoisotopic (exact) mass is 613 g/mol. The maximum Gasteiger partial charge on any atom is 0.272 e. The summed E-state index contributed by atoms with van der Waals surface area (Å²) in [6, 6.07) is 11.8. The van der Waals surface area contributed by atoms with Crippen molar-refractivity contribution in [3.05, 3.63) is 75.5 Å². The van der Waals surface area contributed by atoms with Gasteiger partial charge in [-0.25, -0.2) is 9.49 Å². The second kappa shape index (κ2) is 11.9. The first-order chi connectivity index (χ1) is 21.7. The molecular formula is C38H48FN3O3. The first kappa shape index (κ1) is 30.6. The molecule has 0 unspecified atom stereocenters. The zero-order valence-corrected chi connectivity index (χ0v) is 27.0. The van der Waals surface area contributed by atoms with Crippen LogP contribution in [0.3, 0.4) is 0 Å². The fourth-order valence-electron chi connectivity index (χ4n) is 10.5. The Bertz CT molecular complexity index is 1640. The van der Waals surface area contributed by atoms with Crippen molar-refractivity contribution in [1.82, 2.24) is 15.5 Å². The van der Waals surface area contributed by atoms with Crippen LogP contribution in [0.25, 0.3) is 10.8 Å². The Morgan fingerprint density at radius 2 is 1.78 bits per heavy atom. The lowest BCUT2D eigenvalue weighted by atomic mass is 9.44. The fourth-order valence-corrected chi connectivity index (χ4v) is 10.5. The first-order valence-electron chi connectivity index (χ1n) is 17.3. The third kappa shape index (κ3) is 5.43. The van der Waals surface area contributed by atoms with Crippen LogP contribution in [0.15, 0.2) is 47.3 Å². The highest BCUT2D eigenvalue weighted by atomic mass is 19.1. The molecule has 4 aliphatic rings. The van der Waals surface area contributed by atoms with Gasteiger partial charge >= 0.3 is 0 Å². The van der Waals surface area contributed by atoms with Gasteiger partial charge in [-0.1, -0.05) is 51.5 Å². The van der Waals surface area contributed by atoms with Crippen molar-refractivity contribution in [2.24, 2.45) is 40.4 Å². The molecular weight excluding hydrogens is 565 g/mol. The topological polar surface area (TPSA) is 84.1 Å². The Morgan fingerprint density at radius 1 is 1.00 bits per heavy atom. The van der Waals surface area contributed by atoms with Gasteiger partial charge in [-0.3, -0.25) is 9.59 Å². The van der Waals surface area contributed by atoms with Crippen LogP contribution < -0.4 is 10.9 Å². The van der Waals surface area contributed by atoms with Gasteiger partial charge < -0.3 is 10.1 Å². The van der Waals surface area contributed by atoms with Gasteiger partial charge in [0, 0.05) is 18.4 Å². The van der Waals surface area contributed by atoms with E-state index in [-0.39, 0.29) is 22.6 Å². The van der Waals surface area contributed by atoms with E-state index in [1.165, 1.54) is 57.4 Å². The highest BCUT2D eigenvalue weighted by Crippen LogP contribution is 2.66. The van der Waals surface area contributed by atoms with Gasteiger partial charge in [0.1, 0.15) is 5.82 Å². The Hall–Kier alpha value is -3.06. The zero-order valence-electron chi connectivity index (χ0n) is 27.0. The van der Waals surface area contributed by atoms with Crippen LogP contribution in [-0.4, -0.2) is 35.4 Å². The largest absolute Gasteiger partial charge is 0.376 e. The number of halogens is 1. The van der Waals surface area contributed by atoms with Crippen LogP contribution in [0.4, 0.5) is 4.39 Å². The fraction of sp³-hybridized carbons (Fsp3) is 0.605. The summed E-state index contributed by atoms with van der Waals surface area (Å²) in [7, 11) is 0. The predicted molar refractivity (Wildman–Crippen MR) is 175 cm³/mol. The Kier molecular flexibility index (Phi) is 8.12. The molecule has 0 radical (unpaired) electrons. The minimum atomic E-state index is -0.560. The molecule has 0 aliphatic heterocycles. The molecule has 4 aliphatic carbocycles. The summed E-state index contributed by atoms with van der Waals surface area (Å²) >= 11 is 0. The van der Waals surface area contributed by atoms with E-state index in [4.69, 9.17) is 4.74 Å². The Labute approximate surface area is 265 Å². The minimum absolute atomic E-state index is 0.00801. The zero-order chi connectivity index (χ0) is 31.3. The molecule has 1 aromatic heterocycles. The molecule has 0 saturated heterocycles. The van der Waals surface area contributed by atoms with E-state index in [1.807, 2.05) is 18.2 Å². The van der Waals surface area contributed by atoms with Gasteiger partial charge in [0.05, 0.1) is 29.4 Å². The molecule has 4 saturated carbocycles. The van der Waals surface area contributed by atoms with E-state index < -0.39 is 11.7 Å². The maximum absolute atomic E-state index is 14.8. The van der Waals surface area contributed by atoms with E-state index in [1.54, 1.807) is 18.2 Å². The molecule has 1 heterocycles. The Morgan fingerprint density at radius 3 is 2.62 bits per heavy atom. The molecule has 45 heavy (non-hydrogen) atoms. The molecule has 1 amide bonds. The SMILES string of the molecule is C[C@@H]1CC[C@@]2(C)[C@@H](CC[C@@H]3[C@@H]2CC[C@]2(C)[C@@H](OCCNC(=O)c4cc(Cc5n[nH]c(=O)c6ccccc56)ccc4F)CC[C@@H]32)C1. The van der Waals surface area contributed by atoms with Gasteiger partial charge in [-0.05, 0) is 116 Å². The van der Waals surface area contributed by atoms with E-state index in [0.29, 0.717) is 36.1 Å². The van der Waals surface area contributed by atoms with Crippen LogP contribution in [-0.2, 0) is 11.2 Å². The van der Waals surface area contributed by atoms with Crippen molar-refractivity contribution < 1.29 is 13.9 Å². The Balaban J connectivity index is 0.953. The van der Waals surface area contributed by atoms with Crippen LogP contribution >= 0.6 is 0 Å². The number of amides is 1. The lowest BCUT2D eigenvalue weighted by molar-refractivity contribution is -0.134. The normalized spacial score (nSPS) is 34.1. The number of carbonyl (C=O) groups is 1. The molecule has 0 bridgehead atoms. The third-order valence-electron chi connectivity index (χ3n) is 13.0. The molecule has 4 fully saturated rings. The van der Waals surface area contributed by atoms with E-state index in [2.05, 4.69) is 36.3 Å². The lowest BCUT2D eigenvalue weighted by Crippen LogP contribution is -2.54. The van der Waals surface area contributed by atoms with Gasteiger partial charge in [0.2, 0.25) is 0 Å². The number of fused-ring (bicyclic) bond motifs is 6. The second-order valence-corrected chi connectivity index (χ2v) is 15.3. The summed E-state index contributed by atoms with van der Waals surface area (Å²) in [4.78, 5) is 25.2. The summed E-state index contributed by atoms with van der Waals surface area (Å²) in [6.07, 6.45) is 12.5. The molecule has 8 atom stereocenters. The number of rotatable bonds is 7. The van der Waals surface area contributed by atoms with Gasteiger partial charge in [0.15, 0.2) is 0 Å². The maximum atomic E-state index is 14.8. The summed E-state index contributed by atoms with van der Waals surface area (Å²) in [5.41, 5.74) is 1.90. The molecule has 0 spiro atoms. The standard InChI is InChI=1S/C38H48FN3O3/c1-23-14-16-37(2)25(20-23)9-10-28-30-11-13-34(38(30,3)17-15-31(28)37)45-19-18-40-35(43)29-21-24(8-12-32(29)39)22-33-26-6-4-5-7-27(26)36(44)42-41-33/h4-8,12,21,23,25,28,30-31,34H,9-11,13-20,22H2,1-3H3,(H,40,43)(H,42,44)/t23-,25+,28+,30+,31+,34+,37+,38+/m1/s1. The number of benzene rings is 2. The van der Waals surface area contributed by atoms with Crippen LogP contribution in [0.5, 0.6) is 0 Å². The van der Waals surface area contributed by atoms with Gasteiger partial charge in [-0.15, -0.1) is 0 Å². The molecule has 7 heteroatoms. The number of carbonyl (C=O) groups excluding carboxylic acids is 1. The number of ether oxygens (including phenoxy) is 1. The average molecular weight is 614 g/mol. The number of nitrogens with one attached hydrogen (secondary N) is 2. The molecule has 3 aromatic rings. The van der Waals surface area contributed by atoms with Crippen LogP contribution in [0.2, 0.25) is 0 Å². The number of hydrogen-bond donors (Lipinski definition) is 2. The van der Waals surface area contributed by atoms with Gasteiger partial charge in [0.25, 0.3) is 11.5 Å². The number of nitrogens with zero attached hydrogens (tertiary/aromatic N) is 1. The number of aromatic amines is 1. The third-order valence-corrected chi connectivity index (χ3v) is 13.0. The summed E-state index contributed by atoms with van der Waals surface area (Å²) < 4.78 is 21.3. The lowest BCUT2D eigenvalue weighted by Gasteiger charge is -2.61. The van der Waals surface area contributed by atoms with E-state index >= 15 is 0 Å². The number of aromatic nitrogens is 2. The summed E-state index contributed by atoms with van der Waals surface area (Å²) in [6.45, 7) is 8.34. The van der Waals surface area contributed by atoms with E-state index in [9.17, 15) is 14.0 Å². The quantitative estimate of drug-likeness (QED) is 0.271. The molecule has 240 valence electrons. The molecule has 2 N–H and O–H groups in total. The molecule has 6 nitrogen and oxygen atoms in total. The number of H-pyrrole nitrogens is 1. The smallest absolute Gasteiger partial charge is 0.272 e. The highest BCUT2D eigenvalue weighted by Gasteiger charge is 2.60. The van der Waals surface area contributed by atoms with Crippen LogP contribution in [0, 0.1) is 46.2 Å². The van der Waals surface area contributed by atoms with Crippen molar-refractivity contribution in [3.8, 4) is 0 Å².